The molecular formula is C18H20N2O3S. The molecule has 126 valence electrons. The van der Waals surface area contributed by atoms with Crippen LogP contribution < -0.4 is 9.46 Å². The number of rotatable bonds is 7. The molecule has 0 bridgehead atoms. The van der Waals surface area contributed by atoms with Gasteiger partial charge in [-0.25, -0.2) is 8.42 Å². The number of nitrogens with one attached hydrogen (secondary N) is 1. The van der Waals surface area contributed by atoms with Gasteiger partial charge in [-0.1, -0.05) is 42.5 Å². The number of aryl methyl sites for hydroxylation is 1. The van der Waals surface area contributed by atoms with Crippen molar-refractivity contribution in [2.24, 2.45) is 0 Å². The van der Waals surface area contributed by atoms with Crippen LogP contribution in [0.25, 0.3) is 0 Å². The quantitative estimate of drug-likeness (QED) is 0.837. The molecule has 0 aliphatic rings. The molecule has 6 heteroatoms. The number of para-hydroxylation sites is 1. The molecule has 0 aliphatic heterocycles. The monoisotopic (exact) mass is 344 g/mol. The Kier molecular flexibility index (Phi) is 5.60. The van der Waals surface area contributed by atoms with Crippen molar-refractivity contribution in [3.8, 4) is 11.8 Å². The topological polar surface area (TPSA) is 79.2 Å². The third-order valence-electron chi connectivity index (χ3n) is 3.72. The summed E-state index contributed by atoms with van der Waals surface area (Å²) in [5.74, 6) is 0.244. The normalized spacial score (nSPS) is 13.7. The van der Waals surface area contributed by atoms with Crippen molar-refractivity contribution >= 4 is 10.0 Å². The highest BCUT2D eigenvalue weighted by Gasteiger charge is 2.31. The Hall–Kier alpha value is -2.36. The number of ether oxygens (including phenoxy) is 1. The van der Waals surface area contributed by atoms with Crippen molar-refractivity contribution in [1.82, 2.24) is 4.72 Å². The van der Waals surface area contributed by atoms with Crippen molar-refractivity contribution in [2.45, 2.75) is 30.2 Å². The van der Waals surface area contributed by atoms with Crippen LogP contribution in [0.2, 0.25) is 0 Å². The molecule has 0 saturated carbocycles. The van der Waals surface area contributed by atoms with E-state index in [0.717, 1.165) is 5.56 Å². The van der Waals surface area contributed by atoms with Crippen LogP contribution in [-0.4, -0.2) is 21.1 Å². The van der Waals surface area contributed by atoms with Gasteiger partial charge in [-0.2, -0.15) is 9.98 Å². The van der Waals surface area contributed by atoms with Crippen LogP contribution in [0.1, 0.15) is 18.9 Å². The summed E-state index contributed by atoms with van der Waals surface area (Å²) in [7, 11) is -2.46. The highest BCUT2D eigenvalue weighted by Crippen LogP contribution is 2.25. The van der Waals surface area contributed by atoms with E-state index < -0.39 is 15.6 Å². The van der Waals surface area contributed by atoms with Crippen LogP contribution in [0.3, 0.4) is 0 Å². The molecular weight excluding hydrogens is 324 g/mol. The lowest BCUT2D eigenvalue weighted by Crippen LogP contribution is -2.45. The fraction of sp³-hybridized carbons (Fsp3) is 0.278. The molecule has 1 atom stereocenters. The van der Waals surface area contributed by atoms with Crippen molar-refractivity contribution in [3.63, 3.8) is 0 Å². The van der Waals surface area contributed by atoms with Gasteiger partial charge in [0.15, 0.2) is 0 Å². The maximum absolute atomic E-state index is 12.7. The van der Waals surface area contributed by atoms with Crippen molar-refractivity contribution in [2.75, 3.05) is 7.11 Å². The minimum atomic E-state index is -3.87. The van der Waals surface area contributed by atoms with Gasteiger partial charge in [0, 0.05) is 0 Å². The summed E-state index contributed by atoms with van der Waals surface area (Å²) >= 11 is 0. The smallest absolute Gasteiger partial charge is 0.245 e. The predicted octanol–water partition coefficient (Wildman–Crippen LogP) is 2.89. The molecule has 0 saturated heterocycles. The van der Waals surface area contributed by atoms with Crippen molar-refractivity contribution < 1.29 is 13.2 Å². The molecule has 0 spiro atoms. The van der Waals surface area contributed by atoms with Crippen LogP contribution >= 0.6 is 0 Å². The first-order chi connectivity index (χ1) is 11.4. The minimum Gasteiger partial charge on any atom is -0.495 e. The number of sulfonamides is 1. The van der Waals surface area contributed by atoms with Gasteiger partial charge in [0.2, 0.25) is 10.0 Å². The fourth-order valence-corrected chi connectivity index (χ4v) is 3.89. The zero-order valence-corrected chi connectivity index (χ0v) is 14.5. The van der Waals surface area contributed by atoms with E-state index in [0.29, 0.717) is 12.8 Å². The van der Waals surface area contributed by atoms with Gasteiger partial charge in [-0.05, 0) is 37.5 Å². The largest absolute Gasteiger partial charge is 0.495 e. The number of nitrogens with zero attached hydrogens (tertiary/aromatic N) is 1. The minimum absolute atomic E-state index is 0.0219. The highest BCUT2D eigenvalue weighted by molar-refractivity contribution is 7.89. The lowest BCUT2D eigenvalue weighted by atomic mass is 9.96. The molecule has 0 radical (unpaired) electrons. The highest BCUT2D eigenvalue weighted by atomic mass is 32.2. The first-order valence-corrected chi connectivity index (χ1v) is 9.01. The molecule has 0 fully saturated rings. The molecule has 2 aromatic carbocycles. The molecule has 0 aliphatic carbocycles. The summed E-state index contributed by atoms with van der Waals surface area (Å²) in [6, 6.07) is 18.1. The molecule has 2 rings (SSSR count). The van der Waals surface area contributed by atoms with E-state index in [1.54, 1.807) is 25.1 Å². The molecule has 0 amide bonds. The van der Waals surface area contributed by atoms with Gasteiger partial charge >= 0.3 is 0 Å². The van der Waals surface area contributed by atoms with E-state index in [4.69, 9.17) is 4.74 Å². The Labute approximate surface area is 142 Å². The molecule has 0 aromatic heterocycles. The van der Waals surface area contributed by atoms with Gasteiger partial charge in [0.1, 0.15) is 16.2 Å². The van der Waals surface area contributed by atoms with Crippen LogP contribution in [0, 0.1) is 11.3 Å². The Bertz CT molecular complexity index is 829. The van der Waals surface area contributed by atoms with Crippen LogP contribution in [-0.2, 0) is 16.4 Å². The van der Waals surface area contributed by atoms with E-state index in [-0.39, 0.29) is 10.6 Å². The zero-order valence-electron chi connectivity index (χ0n) is 13.7. The third-order valence-corrected chi connectivity index (χ3v) is 5.36. The SMILES string of the molecule is COc1ccccc1S(=O)(=O)N[C@@](C)(C#N)CCc1ccccc1. The number of hydrogen-bond donors (Lipinski definition) is 1. The summed E-state index contributed by atoms with van der Waals surface area (Å²) in [5, 5.41) is 9.49. The summed E-state index contributed by atoms with van der Waals surface area (Å²) in [6.45, 7) is 1.59. The maximum Gasteiger partial charge on any atom is 0.245 e. The van der Waals surface area contributed by atoms with Crippen molar-refractivity contribution in [3.05, 3.63) is 60.2 Å². The molecule has 0 unspecified atom stereocenters. The first kappa shape index (κ1) is 18.0. The standard InChI is InChI=1S/C18H20N2O3S/c1-18(14-19,13-12-15-8-4-3-5-9-15)20-24(21,22)17-11-7-6-10-16(17)23-2/h3-11,20H,12-13H2,1-2H3/t18-/m1/s1. The van der Waals surface area contributed by atoms with Gasteiger partial charge in [0.05, 0.1) is 13.2 Å². The third kappa shape index (κ3) is 4.34. The molecule has 5 nitrogen and oxygen atoms in total. The Balaban J connectivity index is 2.20. The van der Waals surface area contributed by atoms with Gasteiger partial charge in [-0.3, -0.25) is 0 Å². The zero-order chi connectivity index (χ0) is 17.6. The van der Waals surface area contributed by atoms with E-state index in [1.165, 1.54) is 13.2 Å². The second-order valence-electron chi connectivity index (χ2n) is 5.69. The molecule has 2 aromatic rings. The van der Waals surface area contributed by atoms with Crippen molar-refractivity contribution in [1.29, 1.82) is 5.26 Å². The predicted molar refractivity (Wildman–Crippen MR) is 92.1 cm³/mol. The van der Waals surface area contributed by atoms with Gasteiger partial charge < -0.3 is 4.74 Å². The number of benzene rings is 2. The lowest BCUT2D eigenvalue weighted by Gasteiger charge is -2.23. The maximum atomic E-state index is 12.7. The van der Waals surface area contributed by atoms with E-state index in [1.807, 2.05) is 30.3 Å². The molecule has 24 heavy (non-hydrogen) atoms. The van der Waals surface area contributed by atoms with E-state index in [9.17, 15) is 13.7 Å². The lowest BCUT2D eigenvalue weighted by molar-refractivity contribution is 0.401. The summed E-state index contributed by atoms with van der Waals surface area (Å²) in [4.78, 5) is 0.0219. The number of methoxy groups -OCH3 is 1. The second-order valence-corrected chi connectivity index (χ2v) is 7.34. The molecule has 1 N–H and O–H groups in total. The van der Waals surface area contributed by atoms with E-state index >= 15 is 0 Å². The fourth-order valence-electron chi connectivity index (χ4n) is 2.36. The summed E-state index contributed by atoms with van der Waals surface area (Å²) in [6.07, 6.45) is 0.960. The van der Waals surface area contributed by atoms with Crippen LogP contribution in [0.15, 0.2) is 59.5 Å². The first-order valence-electron chi connectivity index (χ1n) is 7.52. The Morgan fingerprint density at radius 2 is 1.75 bits per heavy atom. The summed E-state index contributed by atoms with van der Waals surface area (Å²) in [5.41, 5.74) is -0.161. The second kappa shape index (κ2) is 7.47. The molecule has 0 heterocycles. The summed E-state index contributed by atoms with van der Waals surface area (Å²) < 4.78 is 32.9. The Morgan fingerprint density at radius 1 is 1.12 bits per heavy atom. The van der Waals surface area contributed by atoms with Crippen LogP contribution in [0.5, 0.6) is 5.75 Å². The van der Waals surface area contributed by atoms with Gasteiger partial charge in [-0.15, -0.1) is 0 Å². The van der Waals surface area contributed by atoms with Gasteiger partial charge in [0.25, 0.3) is 0 Å². The van der Waals surface area contributed by atoms with Crippen LogP contribution in [0.4, 0.5) is 0 Å². The average Bonchev–Trinajstić information content (AvgIpc) is 2.60. The van der Waals surface area contributed by atoms with E-state index in [2.05, 4.69) is 10.8 Å². The number of hydrogen-bond acceptors (Lipinski definition) is 4. The average molecular weight is 344 g/mol. The number of nitriles is 1. The Morgan fingerprint density at radius 3 is 2.38 bits per heavy atom.